The van der Waals surface area contributed by atoms with Gasteiger partial charge in [-0.2, -0.15) is 0 Å². The summed E-state index contributed by atoms with van der Waals surface area (Å²) in [5, 5.41) is 44.2. The number of methoxy groups -OCH3 is 4. The molecule has 0 aromatic heterocycles. The molecule has 0 fully saturated rings. The zero-order valence-corrected chi connectivity index (χ0v) is 70.8. The average Bonchev–Trinajstić information content (AvgIpc) is 0.696. The molecule has 0 aliphatic carbocycles. The first-order valence-electron chi connectivity index (χ1n) is 36.3. The van der Waals surface area contributed by atoms with Crippen molar-refractivity contribution < 1.29 is 96.6 Å². The Hall–Kier alpha value is -4.86. The molecule has 4 rings (SSSR count). The van der Waals surface area contributed by atoms with Crippen LogP contribution in [0.15, 0.2) is 48.5 Å². The second-order valence-electron chi connectivity index (χ2n) is 36.2. The Morgan fingerprint density at radius 2 is 0.423 bits per heavy atom. The SMILES string of the molecule is CCC(OC)(C(=O)O)c1cc(C(C)(C)C)c(P(O)(O)(OCCOCCOCCOP(O)(O)(c2cc(C(C)(C)C)c(C(CC)(OC)C(=O)O)cc2C(C)(C)C)c2cc(C(C)(C)C)c(C(CC)(OC)C(=O)O)cc2C(C)(C)C)c2cc(C(C)(C)C)c(C(CC)(OC)C(=O)O)cc2C(C)(C)C)cc1C(C)(C)C. The summed E-state index contributed by atoms with van der Waals surface area (Å²) in [5.41, 5.74) is -10.1. The number of aliphatic carboxylic acids is 4. The second kappa shape index (κ2) is 30.9. The third-order valence-electron chi connectivity index (χ3n) is 20.8. The summed E-state index contributed by atoms with van der Waals surface area (Å²) in [4.78, 5) is 112. The van der Waals surface area contributed by atoms with E-state index in [4.69, 9.17) is 37.5 Å². The van der Waals surface area contributed by atoms with Gasteiger partial charge in [-0.05, 0) is 0 Å². The van der Waals surface area contributed by atoms with Crippen LogP contribution in [0.1, 0.15) is 286 Å². The normalized spacial score (nSPS) is 16.7. The molecule has 0 saturated heterocycles. The van der Waals surface area contributed by atoms with E-state index >= 15 is 0 Å². The minimum atomic E-state index is -6.22. The van der Waals surface area contributed by atoms with E-state index in [0.29, 0.717) is 66.8 Å². The molecule has 4 atom stereocenters. The van der Waals surface area contributed by atoms with Crippen molar-refractivity contribution in [3.8, 4) is 0 Å². The van der Waals surface area contributed by atoms with Crippen LogP contribution in [0.2, 0.25) is 0 Å². The van der Waals surface area contributed by atoms with Gasteiger partial charge >= 0.3 is 625 Å². The fourth-order valence-electron chi connectivity index (χ4n) is 14.5. The quantitative estimate of drug-likeness (QED) is 0.0171. The van der Waals surface area contributed by atoms with Crippen LogP contribution in [0.3, 0.4) is 0 Å². The predicted octanol–water partition coefficient (Wildman–Crippen LogP) is 14.6. The van der Waals surface area contributed by atoms with Gasteiger partial charge in [0.15, 0.2) is 0 Å². The zero-order valence-electron chi connectivity index (χ0n) is 69.1. The van der Waals surface area contributed by atoms with Crippen LogP contribution in [0, 0.1) is 0 Å². The molecule has 0 bridgehead atoms. The molecule has 0 saturated carbocycles. The molecule has 104 heavy (non-hydrogen) atoms. The summed E-state index contributed by atoms with van der Waals surface area (Å²) >= 11 is 0. The number of hydrogen-bond acceptors (Lipinski definition) is 16. The van der Waals surface area contributed by atoms with Crippen molar-refractivity contribution in [1.29, 1.82) is 0 Å². The molecule has 4 aromatic rings. The maximum absolute atomic E-state index is 14.5. The second-order valence-corrected chi connectivity index (χ2v) is 42.4. The van der Waals surface area contributed by atoms with E-state index in [9.17, 15) is 59.2 Å². The average molecular weight is 1500 g/mol. The van der Waals surface area contributed by atoms with Crippen LogP contribution in [0.5, 0.6) is 0 Å². The Morgan fingerprint density at radius 1 is 0.269 bits per heavy atom. The number of carbonyl (C=O) groups is 4. The van der Waals surface area contributed by atoms with Crippen LogP contribution in [-0.2, 0) is 122 Å². The first kappa shape index (κ1) is 91.5. The van der Waals surface area contributed by atoms with E-state index in [1.165, 1.54) is 28.4 Å². The maximum atomic E-state index is 14.5. The number of benzene rings is 4. The molecule has 0 radical (unpaired) electrons. The van der Waals surface area contributed by atoms with Crippen molar-refractivity contribution in [1.82, 2.24) is 0 Å². The van der Waals surface area contributed by atoms with Gasteiger partial charge in [-0.15, -0.1) is 0 Å². The van der Waals surface area contributed by atoms with E-state index in [1.807, 2.05) is 166 Å². The molecule has 0 heterocycles. The van der Waals surface area contributed by atoms with E-state index in [1.54, 1.807) is 76.2 Å². The Balaban J connectivity index is 2.05. The van der Waals surface area contributed by atoms with E-state index in [2.05, 4.69) is 0 Å². The molecule has 4 aromatic carbocycles. The molecule has 0 spiro atoms. The Morgan fingerprint density at radius 3 is 0.548 bits per heavy atom. The topological polar surface area (TPSA) is 304 Å². The number of rotatable bonds is 31. The number of carboxylic acid groups (broad SMARTS) is 4. The molecule has 0 aliphatic rings. The fourth-order valence-corrected chi connectivity index (χ4v) is 21.2. The summed E-state index contributed by atoms with van der Waals surface area (Å²) in [7, 11) is -7.08. The van der Waals surface area contributed by atoms with Gasteiger partial charge in [0.05, 0.1) is 0 Å². The standard InChI is InChI=1S/C82H132O20P2/c1-33-79(95-29,67(83)84)55-43-59(75(17,18)19)63(47-51(55)71(5,6)7)103(91,92,64-48-52(72(8,9)10)56(44-60(64)76(20,21)22)80(34-2,96-30)68(85)86)101-41-39-99-37-38-100-40-42-102-104(93,94,65-49-53(73(11,12)13)57(45-61(65)77(23,24)25)81(35-3,97-31)69(87)88)66-50-54(74(14,15)16)58(46-62(66)78(26,27)28)82(36-4,98-32)70(89)90/h43-50,91-94H,33-42H2,1-32H3,(H,83,84)(H,85,86)(H,87,88)(H,89,90). The van der Waals surface area contributed by atoms with Gasteiger partial charge in [-0.3, -0.25) is 0 Å². The van der Waals surface area contributed by atoms with Crippen LogP contribution >= 0.6 is 14.6 Å². The molecular formula is C82H132O20P2. The van der Waals surface area contributed by atoms with Crippen molar-refractivity contribution in [2.24, 2.45) is 0 Å². The first-order valence-corrected chi connectivity index (χ1v) is 40.4. The van der Waals surface area contributed by atoms with Crippen LogP contribution in [0.4, 0.5) is 0 Å². The van der Waals surface area contributed by atoms with Gasteiger partial charge in [0.25, 0.3) is 0 Å². The van der Waals surface area contributed by atoms with Crippen molar-refractivity contribution in [2.45, 2.75) is 285 Å². The van der Waals surface area contributed by atoms with Gasteiger partial charge < -0.3 is 0 Å². The number of carboxylic acids is 4. The van der Waals surface area contributed by atoms with E-state index in [0.717, 1.165) is 0 Å². The van der Waals surface area contributed by atoms with Gasteiger partial charge in [0.2, 0.25) is 0 Å². The molecule has 0 amide bonds. The molecule has 0 aliphatic heterocycles. The Kier molecular flexibility index (Phi) is 27.2. The van der Waals surface area contributed by atoms with Gasteiger partial charge in [0, 0.05) is 0 Å². The Labute approximate surface area is 622 Å². The third kappa shape index (κ3) is 17.3. The van der Waals surface area contributed by atoms with Crippen molar-refractivity contribution in [2.75, 3.05) is 68.1 Å². The van der Waals surface area contributed by atoms with E-state index in [-0.39, 0.29) is 73.3 Å². The fraction of sp³-hybridized carbons (Fsp3) is 0.659. The molecule has 22 heteroatoms. The molecule has 8 N–H and O–H groups in total. The number of ether oxygens (including phenoxy) is 6. The predicted molar refractivity (Wildman–Crippen MR) is 417 cm³/mol. The van der Waals surface area contributed by atoms with Gasteiger partial charge in [-0.1, -0.05) is 0 Å². The van der Waals surface area contributed by atoms with Crippen molar-refractivity contribution in [3.05, 3.63) is 115 Å². The van der Waals surface area contributed by atoms with E-state index < -0.39 is 117 Å². The minimum absolute atomic E-state index is 0.00389. The molecular weight excluding hydrogens is 1370 g/mol. The summed E-state index contributed by atoms with van der Waals surface area (Å²) in [6.45, 7) is 50.7. The number of hydrogen-bond donors (Lipinski definition) is 8. The molecule has 590 valence electrons. The van der Waals surface area contributed by atoms with Gasteiger partial charge in [0.1, 0.15) is 0 Å². The summed E-state index contributed by atoms with van der Waals surface area (Å²) in [5.74, 6) is -4.94. The monoisotopic (exact) mass is 1500 g/mol. The van der Waals surface area contributed by atoms with Crippen LogP contribution in [-0.4, -0.2) is 132 Å². The van der Waals surface area contributed by atoms with Crippen LogP contribution < -0.4 is 21.2 Å². The zero-order chi connectivity index (χ0) is 80.8. The summed E-state index contributed by atoms with van der Waals surface area (Å²) in [6.07, 6.45) is 0.0782. The third-order valence-corrected chi connectivity index (χ3v) is 27.0. The summed E-state index contributed by atoms with van der Waals surface area (Å²) < 4.78 is 50.2. The summed E-state index contributed by atoms with van der Waals surface area (Å²) in [6, 6.07) is 13.4. The van der Waals surface area contributed by atoms with Gasteiger partial charge in [-0.25, -0.2) is 0 Å². The Bertz CT molecular complexity index is 3300. The van der Waals surface area contributed by atoms with Crippen molar-refractivity contribution >= 4 is 59.7 Å². The molecule has 20 nitrogen and oxygen atoms in total. The van der Waals surface area contributed by atoms with Crippen molar-refractivity contribution in [3.63, 3.8) is 0 Å². The first-order chi connectivity index (χ1) is 46.9. The van der Waals surface area contributed by atoms with Crippen LogP contribution in [0.25, 0.3) is 0 Å². The molecule has 4 unspecified atom stereocenters.